The SMILES string of the molecule is C/C=C(\C)C(=O)O[C@@H]1[C@@H](OC(C)=O)[C@H]2[C@@H](CC[C@H]3C[C@@H](O[C@H]4C[C@@H](OC)[C@H](O[C@@H]5OC(C)[C@@H](O[C@@H]6OC(CO)[C@@H](O[C@@H]7OC(CO)[C@@H](O)[C@H](O)C7O)[C@H](O)C6O)[C@H](OC)C5O)C(C)O4)CC[C@@]32C)[C@@]2(O)CC[C@H](C(C)=O)[C@@]12C. The van der Waals surface area contributed by atoms with E-state index in [2.05, 4.69) is 6.92 Å². The quantitative estimate of drug-likeness (QED) is 0.0531. The lowest BCUT2D eigenvalue weighted by Gasteiger charge is -2.66. The second-order valence-electron chi connectivity index (χ2n) is 23.6. The van der Waals surface area contributed by atoms with Gasteiger partial charge in [-0.05, 0) is 96.8 Å². The van der Waals surface area contributed by atoms with Gasteiger partial charge in [-0.3, -0.25) is 9.59 Å². The van der Waals surface area contributed by atoms with Gasteiger partial charge in [0.2, 0.25) is 0 Å². The van der Waals surface area contributed by atoms with E-state index in [-0.39, 0.29) is 30.1 Å². The summed E-state index contributed by atoms with van der Waals surface area (Å²) in [5, 5.41) is 98.1. The maximum atomic E-state index is 13.7. The number of methoxy groups -OCH3 is 2. The van der Waals surface area contributed by atoms with Crippen LogP contribution in [0.25, 0.3) is 0 Å². The van der Waals surface area contributed by atoms with Gasteiger partial charge in [0.15, 0.2) is 25.2 Å². The number of Topliss-reactive ketones (excluding diaryl/α,β-unsaturated/α-hetero) is 1. The Hall–Kier alpha value is -2.41. The van der Waals surface area contributed by atoms with Crippen molar-refractivity contribution < 1.29 is 117 Å². The molecule has 9 N–H and O–H groups in total. The molecule has 0 radical (unpaired) electrons. The summed E-state index contributed by atoms with van der Waals surface area (Å²) in [5.41, 5.74) is -2.73. The van der Waals surface area contributed by atoms with Crippen molar-refractivity contribution in [3.8, 4) is 0 Å². The van der Waals surface area contributed by atoms with Gasteiger partial charge >= 0.3 is 11.9 Å². The van der Waals surface area contributed by atoms with Crippen LogP contribution < -0.4 is 0 Å². The Kier molecular flexibility index (Phi) is 19.3. The molecule has 8 rings (SSSR count). The van der Waals surface area contributed by atoms with E-state index in [9.17, 15) is 60.3 Å². The summed E-state index contributed by atoms with van der Waals surface area (Å²) in [6.45, 7) is 12.1. The monoisotopic (exact) mass is 1120 g/mol. The lowest BCUT2D eigenvalue weighted by atomic mass is 9.41. The van der Waals surface area contributed by atoms with Crippen LogP contribution in [-0.4, -0.2) is 232 Å². The number of carbonyl (C=O) groups excluding carboxylic acids is 3. The number of allylic oxidation sites excluding steroid dienone is 1. The molecule has 4 aliphatic heterocycles. The normalized spacial score (nSPS) is 50.7. The lowest BCUT2D eigenvalue weighted by Crippen LogP contribution is -2.73. The van der Waals surface area contributed by atoms with Gasteiger partial charge in [-0.2, -0.15) is 0 Å². The van der Waals surface area contributed by atoms with Gasteiger partial charge in [0.1, 0.15) is 91.2 Å². The van der Waals surface area contributed by atoms with Crippen LogP contribution in [0.1, 0.15) is 107 Å². The number of hydrogen-bond acceptors (Lipinski definition) is 24. The van der Waals surface area contributed by atoms with Crippen LogP contribution in [0, 0.1) is 34.5 Å². The minimum atomic E-state index is -1.86. The van der Waals surface area contributed by atoms with E-state index >= 15 is 0 Å². The summed E-state index contributed by atoms with van der Waals surface area (Å²) in [5.74, 6) is -2.57. The summed E-state index contributed by atoms with van der Waals surface area (Å²) in [6.07, 6.45) is -22.0. The predicted molar refractivity (Wildman–Crippen MR) is 265 cm³/mol. The Morgan fingerprint density at radius 3 is 1.86 bits per heavy atom. The molecule has 8 aliphatic rings. The Bertz CT molecular complexity index is 2110. The molecule has 24 heteroatoms. The van der Waals surface area contributed by atoms with Gasteiger partial charge in [-0.15, -0.1) is 0 Å². The van der Waals surface area contributed by atoms with Crippen molar-refractivity contribution in [3.63, 3.8) is 0 Å². The zero-order chi connectivity index (χ0) is 57.1. The lowest BCUT2D eigenvalue weighted by molar-refractivity contribution is -0.384. The molecule has 0 aromatic rings. The molecule has 29 atom stereocenters. The highest BCUT2D eigenvalue weighted by Gasteiger charge is 2.76. The minimum Gasteiger partial charge on any atom is -0.458 e. The fraction of sp³-hybridized carbons (Fsp3) is 0.907. The molecule has 4 saturated heterocycles. The van der Waals surface area contributed by atoms with E-state index in [1.807, 2.05) is 6.92 Å². The molecule has 8 fully saturated rings. The third-order valence-corrected chi connectivity index (χ3v) is 19.4. The zero-order valence-corrected chi connectivity index (χ0v) is 46.3. The van der Waals surface area contributed by atoms with E-state index in [0.717, 1.165) is 6.42 Å². The highest BCUT2D eigenvalue weighted by molar-refractivity contribution is 5.88. The largest absolute Gasteiger partial charge is 0.458 e. The van der Waals surface area contributed by atoms with Crippen LogP contribution in [-0.2, 0) is 71.2 Å². The first-order valence-electron chi connectivity index (χ1n) is 27.7. The summed E-state index contributed by atoms with van der Waals surface area (Å²) in [7, 11) is 2.86. The number of esters is 2. The Morgan fingerprint density at radius 2 is 1.24 bits per heavy atom. The highest BCUT2D eigenvalue weighted by atomic mass is 16.8. The Labute approximate surface area is 454 Å². The number of hydrogen-bond donors (Lipinski definition) is 9. The maximum absolute atomic E-state index is 13.7. The molecule has 0 aromatic carbocycles. The van der Waals surface area contributed by atoms with E-state index in [0.29, 0.717) is 44.1 Å². The summed E-state index contributed by atoms with van der Waals surface area (Å²) < 4.78 is 73.2. The van der Waals surface area contributed by atoms with Crippen molar-refractivity contribution in [2.45, 2.75) is 247 Å². The molecule has 0 aromatic heterocycles. The Morgan fingerprint density at radius 1 is 0.628 bits per heavy atom. The number of ketones is 1. The van der Waals surface area contributed by atoms with Crippen molar-refractivity contribution in [1.82, 2.24) is 0 Å². The van der Waals surface area contributed by atoms with Crippen molar-refractivity contribution in [3.05, 3.63) is 11.6 Å². The number of aliphatic hydroxyl groups is 9. The van der Waals surface area contributed by atoms with Gasteiger partial charge in [0.05, 0.1) is 43.2 Å². The summed E-state index contributed by atoms with van der Waals surface area (Å²) in [6, 6.07) is 0. The molecule has 4 aliphatic carbocycles. The van der Waals surface area contributed by atoms with Gasteiger partial charge < -0.3 is 103 Å². The van der Waals surface area contributed by atoms with Crippen LogP contribution in [0.3, 0.4) is 0 Å². The smallest absolute Gasteiger partial charge is 0.333 e. The first-order chi connectivity index (χ1) is 36.8. The summed E-state index contributed by atoms with van der Waals surface area (Å²) in [4.78, 5) is 40.1. The molecule has 0 spiro atoms. The van der Waals surface area contributed by atoms with E-state index < -0.39 is 182 Å². The fourth-order valence-corrected chi connectivity index (χ4v) is 15.1. The molecule has 4 saturated carbocycles. The van der Waals surface area contributed by atoms with Crippen LogP contribution in [0.15, 0.2) is 11.6 Å². The average Bonchev–Trinajstić information content (AvgIpc) is 2.85. The Balaban J connectivity index is 0.902. The van der Waals surface area contributed by atoms with Gasteiger partial charge in [0.25, 0.3) is 0 Å². The van der Waals surface area contributed by atoms with Crippen LogP contribution >= 0.6 is 0 Å². The summed E-state index contributed by atoms with van der Waals surface area (Å²) >= 11 is 0. The third-order valence-electron chi connectivity index (χ3n) is 19.4. The van der Waals surface area contributed by atoms with Crippen molar-refractivity contribution in [2.75, 3.05) is 27.4 Å². The highest BCUT2D eigenvalue weighted by Crippen LogP contribution is 2.70. The van der Waals surface area contributed by atoms with Crippen molar-refractivity contribution in [2.24, 2.45) is 34.5 Å². The van der Waals surface area contributed by atoms with E-state index in [4.69, 9.17) is 56.8 Å². The molecule has 0 amide bonds. The predicted octanol–water partition coefficient (Wildman–Crippen LogP) is -0.571. The number of ether oxygens (including phenoxy) is 12. The third kappa shape index (κ3) is 11.0. The molecule has 0 bridgehead atoms. The molecule has 78 heavy (non-hydrogen) atoms. The molecule has 7 unspecified atom stereocenters. The molecule has 446 valence electrons. The fourth-order valence-electron chi connectivity index (χ4n) is 15.1. The van der Waals surface area contributed by atoms with Crippen LogP contribution in [0.5, 0.6) is 0 Å². The molecule has 24 nitrogen and oxygen atoms in total. The minimum absolute atomic E-state index is 0.0519. The number of carbonyl (C=O) groups is 3. The zero-order valence-electron chi connectivity index (χ0n) is 46.3. The van der Waals surface area contributed by atoms with Gasteiger partial charge in [-0.25, -0.2) is 4.79 Å². The molecule has 4 heterocycles. The van der Waals surface area contributed by atoms with Crippen LogP contribution in [0.2, 0.25) is 0 Å². The first kappa shape index (κ1) is 61.7. The standard InChI is InChI=1S/C54H86O24/c1-11-22(2)48(65)78-47-45(71-26(6)58)35-30(54(66)17-15-29(23(3)57)53(47,54)8)13-12-27-18-28(14-16-52(27,35)7)72-34-19-31(67-9)42(24(4)69-34)75-51-41(64)46(68-10)43(25(5)70-51)76-50-40(63)38(61)44(33(21-56)74-50)77-49-39(62)37(60)36(59)32(20-55)73-49/h11,24-25,27-47,49-51,55-56,59-64,66H,12-21H2,1-10H3/b22-11+/t24?,25?,27-,28-,29+,30+,31+,32?,33?,34-,35+,36+,37-,38+,39?,40?,41?,42+,43+,44+,45-,46+,47+,49-,50-,51-,52-,53-,54-/m0/s1. The van der Waals surface area contributed by atoms with Gasteiger partial charge in [0, 0.05) is 50.4 Å². The maximum Gasteiger partial charge on any atom is 0.333 e. The second kappa shape index (κ2) is 24.4. The van der Waals surface area contributed by atoms with Crippen LogP contribution in [0.4, 0.5) is 0 Å². The molecular formula is C54H86O24. The second-order valence-corrected chi connectivity index (χ2v) is 23.6. The number of rotatable bonds is 16. The van der Waals surface area contributed by atoms with Crippen molar-refractivity contribution >= 4 is 17.7 Å². The average molecular weight is 1120 g/mol. The molecular weight excluding hydrogens is 1030 g/mol. The van der Waals surface area contributed by atoms with E-state index in [1.54, 1.807) is 33.8 Å². The van der Waals surface area contributed by atoms with E-state index in [1.165, 1.54) is 28.1 Å². The van der Waals surface area contributed by atoms with Crippen molar-refractivity contribution in [1.29, 1.82) is 0 Å². The van der Waals surface area contributed by atoms with Gasteiger partial charge in [-0.1, -0.05) is 19.9 Å². The first-order valence-corrected chi connectivity index (χ1v) is 27.7. The number of aliphatic hydroxyl groups excluding tert-OH is 8. The number of fused-ring (bicyclic) bond motifs is 5. The topological polar surface area (TPSA) is 344 Å².